The van der Waals surface area contributed by atoms with Crippen LogP contribution >= 0.6 is 0 Å². The number of nitrogens with one attached hydrogen (secondary N) is 1. The Bertz CT molecular complexity index is 909. The molecule has 0 fully saturated rings. The van der Waals surface area contributed by atoms with Gasteiger partial charge in [-0.25, -0.2) is 9.59 Å². The molecule has 0 saturated heterocycles. The number of carboxylic acids is 1. The van der Waals surface area contributed by atoms with E-state index in [0.717, 1.165) is 22.3 Å². The lowest BCUT2D eigenvalue weighted by atomic mass is 9.98. The number of alkyl carbamates (subject to hydrolysis) is 1. The molecule has 1 aliphatic rings. The molecule has 7 heteroatoms. The minimum absolute atomic E-state index is 0.0330. The van der Waals surface area contributed by atoms with E-state index in [1.165, 1.54) is 6.08 Å². The van der Waals surface area contributed by atoms with Gasteiger partial charge in [-0.3, -0.25) is 4.79 Å². The second kappa shape index (κ2) is 9.73. The zero-order valence-electron chi connectivity index (χ0n) is 16.4. The number of aliphatic carboxylic acids is 1. The first-order valence-corrected chi connectivity index (χ1v) is 9.62. The van der Waals surface area contributed by atoms with Crippen molar-refractivity contribution in [2.45, 2.75) is 24.8 Å². The number of carboxylic acid groups (broad SMARTS) is 1. The van der Waals surface area contributed by atoms with E-state index in [4.69, 9.17) is 14.6 Å². The number of carbonyl (C=O) groups is 3. The van der Waals surface area contributed by atoms with E-state index in [-0.39, 0.29) is 32.0 Å². The predicted octanol–water partition coefficient (Wildman–Crippen LogP) is 3.49. The largest absolute Gasteiger partial charge is 0.481 e. The third-order valence-electron chi connectivity index (χ3n) is 4.91. The molecule has 0 spiro atoms. The van der Waals surface area contributed by atoms with Crippen molar-refractivity contribution in [3.05, 3.63) is 72.3 Å². The molecule has 156 valence electrons. The van der Waals surface area contributed by atoms with Crippen molar-refractivity contribution in [2.24, 2.45) is 0 Å². The maximum absolute atomic E-state index is 12.3. The number of esters is 1. The zero-order valence-corrected chi connectivity index (χ0v) is 16.4. The van der Waals surface area contributed by atoms with Crippen LogP contribution in [-0.4, -0.2) is 42.4 Å². The number of ether oxygens (including phenoxy) is 2. The van der Waals surface area contributed by atoms with E-state index in [1.54, 1.807) is 0 Å². The average molecular weight is 409 g/mol. The van der Waals surface area contributed by atoms with E-state index in [0.29, 0.717) is 0 Å². The van der Waals surface area contributed by atoms with Gasteiger partial charge < -0.3 is 19.9 Å². The summed E-state index contributed by atoms with van der Waals surface area (Å²) in [4.78, 5) is 35.3. The number of amides is 1. The van der Waals surface area contributed by atoms with Crippen molar-refractivity contribution in [2.75, 3.05) is 13.2 Å². The molecule has 2 N–H and O–H groups in total. The summed E-state index contributed by atoms with van der Waals surface area (Å²) < 4.78 is 10.3. The van der Waals surface area contributed by atoms with Crippen LogP contribution in [0.3, 0.4) is 0 Å². The number of benzene rings is 2. The first-order chi connectivity index (χ1) is 14.5. The summed E-state index contributed by atoms with van der Waals surface area (Å²) in [6, 6.07) is 14.8. The molecule has 2 aromatic rings. The van der Waals surface area contributed by atoms with E-state index < -0.39 is 24.1 Å². The van der Waals surface area contributed by atoms with E-state index in [1.807, 2.05) is 48.5 Å². The Morgan fingerprint density at radius 3 is 2.20 bits per heavy atom. The molecule has 0 aliphatic heterocycles. The molecule has 0 aromatic heterocycles. The number of rotatable bonds is 9. The van der Waals surface area contributed by atoms with Crippen molar-refractivity contribution in [1.29, 1.82) is 0 Å². The number of carbonyl (C=O) groups excluding carboxylic acids is 2. The summed E-state index contributed by atoms with van der Waals surface area (Å²) in [5.41, 5.74) is 4.35. The fourth-order valence-corrected chi connectivity index (χ4v) is 3.54. The number of hydrogen-bond acceptors (Lipinski definition) is 5. The molecule has 3 rings (SSSR count). The SMILES string of the molecule is C=CCOC(=O)[C@H](CCC(=O)O)NC(=O)OCC1c2ccccc2-c2ccccc21. The smallest absolute Gasteiger partial charge is 0.407 e. The molecule has 0 unspecified atom stereocenters. The lowest BCUT2D eigenvalue weighted by Gasteiger charge is -2.18. The quantitative estimate of drug-likeness (QED) is 0.486. The Hall–Kier alpha value is -3.61. The van der Waals surface area contributed by atoms with Crippen LogP contribution in [0.5, 0.6) is 0 Å². The monoisotopic (exact) mass is 409 g/mol. The second-order valence-electron chi connectivity index (χ2n) is 6.87. The molecular formula is C23H23NO6. The molecule has 1 atom stereocenters. The van der Waals surface area contributed by atoms with Crippen LogP contribution < -0.4 is 5.32 Å². The normalized spacial score (nSPS) is 12.9. The molecule has 1 amide bonds. The Morgan fingerprint density at radius 2 is 1.63 bits per heavy atom. The average Bonchev–Trinajstić information content (AvgIpc) is 3.07. The maximum Gasteiger partial charge on any atom is 0.407 e. The van der Waals surface area contributed by atoms with Gasteiger partial charge in [0.15, 0.2) is 0 Å². The highest BCUT2D eigenvalue weighted by Gasteiger charge is 2.30. The fourth-order valence-electron chi connectivity index (χ4n) is 3.54. The molecule has 0 heterocycles. The van der Waals surface area contributed by atoms with Crippen molar-refractivity contribution in [3.63, 3.8) is 0 Å². The van der Waals surface area contributed by atoms with Gasteiger partial charge >= 0.3 is 18.0 Å². The molecule has 0 bridgehead atoms. The van der Waals surface area contributed by atoms with Gasteiger partial charge in [0.1, 0.15) is 19.3 Å². The van der Waals surface area contributed by atoms with Crippen molar-refractivity contribution in [3.8, 4) is 11.1 Å². The van der Waals surface area contributed by atoms with Crippen molar-refractivity contribution in [1.82, 2.24) is 5.32 Å². The summed E-state index contributed by atoms with van der Waals surface area (Å²) in [5, 5.41) is 11.3. The van der Waals surface area contributed by atoms with Gasteiger partial charge in [-0.15, -0.1) is 0 Å². The summed E-state index contributed by atoms with van der Waals surface area (Å²) in [5.74, 6) is -1.93. The minimum Gasteiger partial charge on any atom is -0.481 e. The highest BCUT2D eigenvalue weighted by atomic mass is 16.6. The van der Waals surface area contributed by atoms with Crippen LogP contribution in [0, 0.1) is 0 Å². The summed E-state index contributed by atoms with van der Waals surface area (Å²) in [6.07, 6.45) is 0.190. The molecular weight excluding hydrogens is 386 g/mol. The van der Waals surface area contributed by atoms with Gasteiger partial charge in [0.2, 0.25) is 0 Å². The number of fused-ring (bicyclic) bond motifs is 3. The molecule has 1 aliphatic carbocycles. The predicted molar refractivity (Wildman–Crippen MR) is 110 cm³/mol. The third-order valence-corrected chi connectivity index (χ3v) is 4.91. The third kappa shape index (κ3) is 4.86. The Morgan fingerprint density at radius 1 is 1.03 bits per heavy atom. The number of hydrogen-bond donors (Lipinski definition) is 2. The van der Waals surface area contributed by atoms with Crippen LogP contribution in [0.15, 0.2) is 61.2 Å². The Kier molecular flexibility index (Phi) is 6.85. The summed E-state index contributed by atoms with van der Waals surface area (Å²) in [7, 11) is 0. The van der Waals surface area contributed by atoms with Crippen LogP contribution in [0.1, 0.15) is 29.9 Å². The van der Waals surface area contributed by atoms with Crippen LogP contribution in [0.4, 0.5) is 4.79 Å². The standard InChI is InChI=1S/C23H23NO6/c1-2-13-29-22(27)20(11-12-21(25)26)24-23(28)30-14-19-17-9-5-3-7-15(17)16-8-4-6-10-18(16)19/h2-10,19-20H,1,11-14H2,(H,24,28)(H,25,26)/t20-/m0/s1. The molecule has 0 radical (unpaired) electrons. The molecule has 0 saturated carbocycles. The minimum atomic E-state index is -1.11. The van der Waals surface area contributed by atoms with E-state index in [2.05, 4.69) is 11.9 Å². The lowest BCUT2D eigenvalue weighted by Crippen LogP contribution is -2.42. The van der Waals surface area contributed by atoms with Gasteiger partial charge in [0.25, 0.3) is 0 Å². The zero-order chi connectivity index (χ0) is 21.5. The van der Waals surface area contributed by atoms with Crippen molar-refractivity contribution < 1.29 is 29.0 Å². The highest BCUT2D eigenvalue weighted by molar-refractivity contribution is 5.82. The molecule has 7 nitrogen and oxygen atoms in total. The second-order valence-corrected chi connectivity index (χ2v) is 6.87. The maximum atomic E-state index is 12.3. The Labute approximate surface area is 174 Å². The van der Waals surface area contributed by atoms with Crippen LogP contribution in [-0.2, 0) is 19.1 Å². The first-order valence-electron chi connectivity index (χ1n) is 9.62. The van der Waals surface area contributed by atoms with Crippen molar-refractivity contribution >= 4 is 18.0 Å². The fraction of sp³-hybridized carbons (Fsp3) is 0.261. The molecule has 2 aromatic carbocycles. The van der Waals surface area contributed by atoms with E-state index in [9.17, 15) is 14.4 Å². The van der Waals surface area contributed by atoms with Gasteiger partial charge in [0, 0.05) is 12.3 Å². The lowest BCUT2D eigenvalue weighted by molar-refractivity contribution is -0.145. The Balaban J connectivity index is 1.66. The van der Waals surface area contributed by atoms with Crippen LogP contribution in [0.2, 0.25) is 0 Å². The topological polar surface area (TPSA) is 102 Å². The van der Waals surface area contributed by atoms with Gasteiger partial charge in [0.05, 0.1) is 0 Å². The van der Waals surface area contributed by atoms with Gasteiger partial charge in [-0.2, -0.15) is 0 Å². The highest BCUT2D eigenvalue weighted by Crippen LogP contribution is 2.44. The van der Waals surface area contributed by atoms with Gasteiger partial charge in [-0.05, 0) is 28.7 Å². The summed E-state index contributed by atoms with van der Waals surface area (Å²) >= 11 is 0. The van der Waals surface area contributed by atoms with E-state index >= 15 is 0 Å². The molecule has 30 heavy (non-hydrogen) atoms. The van der Waals surface area contributed by atoms with Gasteiger partial charge in [-0.1, -0.05) is 61.2 Å². The first kappa shape index (κ1) is 21.1. The summed E-state index contributed by atoms with van der Waals surface area (Å²) in [6.45, 7) is 3.51. The van der Waals surface area contributed by atoms with Crippen LogP contribution in [0.25, 0.3) is 11.1 Å².